The number of halogens is 1. The van der Waals surface area contributed by atoms with E-state index < -0.39 is 0 Å². The Labute approximate surface area is 224 Å². The summed E-state index contributed by atoms with van der Waals surface area (Å²) in [7, 11) is 0. The van der Waals surface area contributed by atoms with Crippen molar-refractivity contribution in [3.63, 3.8) is 0 Å². The number of nitrogens with zero attached hydrogens (tertiary/aromatic N) is 2. The van der Waals surface area contributed by atoms with Crippen LogP contribution in [0.2, 0.25) is 5.02 Å². The number of benzene rings is 2. The maximum Gasteiger partial charge on any atom is 0.259 e. The van der Waals surface area contributed by atoms with Gasteiger partial charge in [-0.15, -0.1) is 11.3 Å². The Morgan fingerprint density at radius 1 is 1.11 bits per heavy atom. The SMILES string of the molecule is CCN(CC)c1ccc(C=Nc2sc3c(c2C(=O)Nc2ccc(Cl)cc2)CC[C@@H](C(C)(C)C)C3)cc1. The molecule has 1 aliphatic carbocycles. The summed E-state index contributed by atoms with van der Waals surface area (Å²) in [6.45, 7) is 13.2. The van der Waals surface area contributed by atoms with Crippen molar-refractivity contribution >= 4 is 51.4 Å². The lowest BCUT2D eigenvalue weighted by Crippen LogP contribution is -2.27. The predicted molar refractivity (Wildman–Crippen MR) is 156 cm³/mol. The lowest BCUT2D eigenvalue weighted by atomic mass is 9.72. The van der Waals surface area contributed by atoms with E-state index in [1.165, 1.54) is 10.6 Å². The van der Waals surface area contributed by atoms with Gasteiger partial charge in [0, 0.05) is 40.6 Å². The monoisotopic (exact) mass is 521 g/mol. The second kappa shape index (κ2) is 11.2. The molecule has 0 radical (unpaired) electrons. The van der Waals surface area contributed by atoms with E-state index in [-0.39, 0.29) is 11.3 Å². The lowest BCUT2D eigenvalue weighted by Gasteiger charge is -2.33. The molecule has 0 fully saturated rings. The Morgan fingerprint density at radius 3 is 2.39 bits per heavy atom. The minimum Gasteiger partial charge on any atom is -0.372 e. The number of carbonyl (C=O) groups excluding carboxylic acids is 1. The van der Waals surface area contributed by atoms with Gasteiger partial charge in [0.15, 0.2) is 0 Å². The maximum absolute atomic E-state index is 13.5. The molecule has 1 amide bonds. The van der Waals surface area contributed by atoms with Crippen molar-refractivity contribution in [2.24, 2.45) is 16.3 Å². The van der Waals surface area contributed by atoms with Crippen LogP contribution >= 0.6 is 22.9 Å². The van der Waals surface area contributed by atoms with Crippen LogP contribution in [0.15, 0.2) is 53.5 Å². The first-order valence-corrected chi connectivity index (χ1v) is 14.0. The van der Waals surface area contributed by atoms with Crippen molar-refractivity contribution in [3.05, 3.63) is 75.1 Å². The van der Waals surface area contributed by atoms with E-state index in [0.29, 0.717) is 16.5 Å². The summed E-state index contributed by atoms with van der Waals surface area (Å²) in [4.78, 5) is 22.0. The average Bonchev–Trinajstić information content (AvgIpc) is 3.23. The van der Waals surface area contributed by atoms with Crippen LogP contribution in [-0.2, 0) is 12.8 Å². The quantitative estimate of drug-likeness (QED) is 0.317. The first-order valence-electron chi connectivity index (χ1n) is 12.8. The molecule has 4 rings (SSSR count). The topological polar surface area (TPSA) is 44.7 Å². The van der Waals surface area contributed by atoms with Crippen LogP contribution in [0.3, 0.4) is 0 Å². The molecule has 0 saturated heterocycles. The summed E-state index contributed by atoms with van der Waals surface area (Å²) in [5, 5.41) is 4.49. The molecule has 190 valence electrons. The van der Waals surface area contributed by atoms with Gasteiger partial charge in [-0.05, 0) is 92.0 Å². The Kier molecular flexibility index (Phi) is 8.21. The average molecular weight is 522 g/mol. The van der Waals surface area contributed by atoms with E-state index in [9.17, 15) is 4.79 Å². The van der Waals surface area contributed by atoms with Crippen molar-refractivity contribution in [3.8, 4) is 0 Å². The van der Waals surface area contributed by atoms with E-state index in [2.05, 4.69) is 69.1 Å². The molecular weight excluding hydrogens is 486 g/mol. The first-order chi connectivity index (χ1) is 17.2. The predicted octanol–water partition coefficient (Wildman–Crippen LogP) is 8.40. The summed E-state index contributed by atoms with van der Waals surface area (Å²) in [6, 6.07) is 15.7. The molecule has 3 aromatic rings. The van der Waals surface area contributed by atoms with Crippen LogP contribution in [0.25, 0.3) is 0 Å². The number of fused-ring (bicyclic) bond motifs is 1. The fourth-order valence-electron chi connectivity index (χ4n) is 4.86. The zero-order valence-electron chi connectivity index (χ0n) is 21.9. The highest BCUT2D eigenvalue weighted by Crippen LogP contribution is 2.45. The number of rotatable bonds is 7. The van der Waals surface area contributed by atoms with Crippen molar-refractivity contribution in [1.29, 1.82) is 0 Å². The van der Waals surface area contributed by atoms with Crippen molar-refractivity contribution in [1.82, 2.24) is 0 Å². The highest BCUT2D eigenvalue weighted by atomic mass is 35.5. The lowest BCUT2D eigenvalue weighted by molar-refractivity contribution is 0.102. The number of anilines is 2. The van der Waals surface area contributed by atoms with Gasteiger partial charge in [0.2, 0.25) is 0 Å². The maximum atomic E-state index is 13.5. The molecule has 1 heterocycles. The zero-order chi connectivity index (χ0) is 25.9. The van der Waals surface area contributed by atoms with Gasteiger partial charge in [0.25, 0.3) is 5.91 Å². The third kappa shape index (κ3) is 6.01. The molecule has 6 heteroatoms. The van der Waals surface area contributed by atoms with Gasteiger partial charge < -0.3 is 10.2 Å². The molecule has 2 aromatic carbocycles. The van der Waals surface area contributed by atoms with Gasteiger partial charge in [0.1, 0.15) is 5.00 Å². The second-order valence-electron chi connectivity index (χ2n) is 10.5. The van der Waals surface area contributed by atoms with Gasteiger partial charge in [-0.1, -0.05) is 44.5 Å². The van der Waals surface area contributed by atoms with Gasteiger partial charge >= 0.3 is 0 Å². The minimum atomic E-state index is -0.104. The van der Waals surface area contributed by atoms with Gasteiger partial charge in [-0.3, -0.25) is 4.79 Å². The van der Waals surface area contributed by atoms with Crippen LogP contribution in [0.1, 0.15) is 67.4 Å². The highest BCUT2D eigenvalue weighted by Gasteiger charge is 2.33. The minimum absolute atomic E-state index is 0.104. The number of amides is 1. The number of hydrogen-bond donors (Lipinski definition) is 1. The molecule has 1 aliphatic rings. The van der Waals surface area contributed by atoms with Crippen LogP contribution < -0.4 is 10.2 Å². The largest absolute Gasteiger partial charge is 0.372 e. The zero-order valence-corrected chi connectivity index (χ0v) is 23.5. The van der Waals surface area contributed by atoms with E-state index in [4.69, 9.17) is 16.6 Å². The van der Waals surface area contributed by atoms with Crippen LogP contribution in [0.4, 0.5) is 16.4 Å². The molecule has 1 aromatic heterocycles. The standard InChI is InChI=1S/C30H36ClN3OS/c1-6-34(7-2)24-15-8-20(9-16-24)19-32-29-27(28(35)33-23-13-11-22(31)12-14-23)25-17-10-21(30(3,4)5)18-26(25)36-29/h8-9,11-16,19,21H,6-7,10,17-18H2,1-5H3,(H,33,35)/t21-/m1/s1. The van der Waals surface area contributed by atoms with E-state index in [1.807, 2.05) is 18.3 Å². The van der Waals surface area contributed by atoms with E-state index in [0.717, 1.165) is 54.2 Å². The third-order valence-electron chi connectivity index (χ3n) is 7.15. The summed E-state index contributed by atoms with van der Waals surface area (Å²) in [6.07, 6.45) is 4.87. The van der Waals surface area contributed by atoms with E-state index >= 15 is 0 Å². The summed E-state index contributed by atoms with van der Waals surface area (Å²) in [5.74, 6) is 0.494. The molecule has 0 unspecified atom stereocenters. The van der Waals surface area contributed by atoms with Crippen LogP contribution in [-0.4, -0.2) is 25.2 Å². The summed E-state index contributed by atoms with van der Waals surface area (Å²) >= 11 is 7.70. The van der Waals surface area contributed by atoms with E-state index in [1.54, 1.807) is 23.5 Å². The fraction of sp³-hybridized carbons (Fsp3) is 0.400. The van der Waals surface area contributed by atoms with Crippen molar-refractivity contribution < 1.29 is 4.79 Å². The fourth-order valence-corrected chi connectivity index (χ4v) is 6.25. The molecule has 1 N–H and O–H groups in total. The number of nitrogens with one attached hydrogen (secondary N) is 1. The molecular formula is C30H36ClN3OS. The normalized spacial score (nSPS) is 15.7. The first kappa shape index (κ1) is 26.4. The van der Waals surface area contributed by atoms with Crippen molar-refractivity contribution in [2.75, 3.05) is 23.3 Å². The smallest absolute Gasteiger partial charge is 0.259 e. The van der Waals surface area contributed by atoms with Gasteiger partial charge in [-0.25, -0.2) is 4.99 Å². The highest BCUT2D eigenvalue weighted by molar-refractivity contribution is 7.16. The molecule has 36 heavy (non-hydrogen) atoms. The number of carbonyl (C=O) groups is 1. The van der Waals surface area contributed by atoms with Crippen molar-refractivity contribution in [2.45, 2.75) is 53.9 Å². The Bertz CT molecular complexity index is 1220. The number of thiophene rings is 1. The van der Waals surface area contributed by atoms with Gasteiger partial charge in [0.05, 0.1) is 5.56 Å². The van der Waals surface area contributed by atoms with Gasteiger partial charge in [-0.2, -0.15) is 0 Å². The molecule has 1 atom stereocenters. The molecule has 0 bridgehead atoms. The van der Waals surface area contributed by atoms with Crippen LogP contribution in [0, 0.1) is 11.3 Å². The Hall–Kier alpha value is -2.63. The Balaban J connectivity index is 1.65. The number of hydrogen-bond acceptors (Lipinski definition) is 4. The molecule has 4 nitrogen and oxygen atoms in total. The Morgan fingerprint density at radius 2 is 1.78 bits per heavy atom. The molecule has 0 aliphatic heterocycles. The summed E-state index contributed by atoms with van der Waals surface area (Å²) < 4.78 is 0. The van der Waals surface area contributed by atoms with Crippen LogP contribution in [0.5, 0.6) is 0 Å². The molecule has 0 saturated carbocycles. The number of aliphatic imine (C=N–C) groups is 1. The summed E-state index contributed by atoms with van der Waals surface area (Å²) in [5.41, 5.74) is 5.08. The second-order valence-corrected chi connectivity index (χ2v) is 12.0. The molecule has 0 spiro atoms. The third-order valence-corrected chi connectivity index (χ3v) is 8.57.